The van der Waals surface area contributed by atoms with Gasteiger partial charge in [0.25, 0.3) is 0 Å². The van der Waals surface area contributed by atoms with Gasteiger partial charge in [-0.3, -0.25) is 0 Å². The molecule has 0 amide bonds. The van der Waals surface area contributed by atoms with Crippen LogP contribution in [0.1, 0.15) is 12.5 Å². The van der Waals surface area contributed by atoms with Crippen LogP contribution in [0.5, 0.6) is 0 Å². The van der Waals surface area contributed by atoms with Gasteiger partial charge in [0, 0.05) is 12.6 Å². The van der Waals surface area contributed by atoms with Crippen molar-refractivity contribution in [3.8, 4) is 6.07 Å². The molecule has 0 saturated carbocycles. The zero-order valence-electron chi connectivity index (χ0n) is 7.62. The first kappa shape index (κ1) is 9.56. The summed E-state index contributed by atoms with van der Waals surface area (Å²) in [6, 6.07) is 9.71. The zero-order chi connectivity index (χ0) is 9.68. The lowest BCUT2D eigenvalue weighted by molar-refractivity contribution is 0.803. The minimum absolute atomic E-state index is 0.189. The third-order valence-electron chi connectivity index (χ3n) is 1.80. The Kier molecular flexibility index (Phi) is 3.30. The highest BCUT2D eigenvalue weighted by molar-refractivity contribution is 5.57. The SMILES string of the molecule is CC(CN)Nc1ccccc1C#N. The van der Waals surface area contributed by atoms with Crippen LogP contribution in [-0.2, 0) is 0 Å². The molecule has 3 N–H and O–H groups in total. The summed E-state index contributed by atoms with van der Waals surface area (Å²) in [5.74, 6) is 0. The first-order chi connectivity index (χ1) is 6.27. The summed E-state index contributed by atoms with van der Waals surface area (Å²) in [4.78, 5) is 0. The number of benzene rings is 1. The maximum absolute atomic E-state index is 8.78. The average Bonchev–Trinajstić information content (AvgIpc) is 2.18. The van der Waals surface area contributed by atoms with Gasteiger partial charge in [-0.2, -0.15) is 5.26 Å². The highest BCUT2D eigenvalue weighted by Gasteiger charge is 2.02. The summed E-state index contributed by atoms with van der Waals surface area (Å²) in [6.07, 6.45) is 0. The van der Waals surface area contributed by atoms with E-state index in [0.29, 0.717) is 12.1 Å². The van der Waals surface area contributed by atoms with Crippen LogP contribution in [0.25, 0.3) is 0 Å². The van der Waals surface area contributed by atoms with Crippen LogP contribution in [0, 0.1) is 11.3 Å². The number of rotatable bonds is 3. The Morgan fingerprint density at radius 2 is 2.23 bits per heavy atom. The Morgan fingerprint density at radius 1 is 1.54 bits per heavy atom. The largest absolute Gasteiger partial charge is 0.380 e. The highest BCUT2D eigenvalue weighted by atomic mass is 14.9. The number of nitrogens with zero attached hydrogens (tertiary/aromatic N) is 1. The minimum Gasteiger partial charge on any atom is -0.380 e. The lowest BCUT2D eigenvalue weighted by Gasteiger charge is -2.13. The van der Waals surface area contributed by atoms with E-state index < -0.39 is 0 Å². The second-order valence-corrected chi connectivity index (χ2v) is 2.94. The molecule has 3 heteroatoms. The van der Waals surface area contributed by atoms with E-state index >= 15 is 0 Å². The molecule has 0 bridgehead atoms. The van der Waals surface area contributed by atoms with E-state index in [4.69, 9.17) is 11.0 Å². The Labute approximate surface area is 78.2 Å². The highest BCUT2D eigenvalue weighted by Crippen LogP contribution is 2.13. The molecule has 13 heavy (non-hydrogen) atoms. The van der Waals surface area contributed by atoms with Crippen LogP contribution in [0.4, 0.5) is 5.69 Å². The second-order valence-electron chi connectivity index (χ2n) is 2.94. The summed E-state index contributed by atoms with van der Waals surface area (Å²) in [6.45, 7) is 2.54. The number of nitrogens with one attached hydrogen (secondary N) is 1. The molecule has 0 aliphatic carbocycles. The van der Waals surface area contributed by atoms with Gasteiger partial charge in [-0.25, -0.2) is 0 Å². The molecule has 1 atom stereocenters. The lowest BCUT2D eigenvalue weighted by atomic mass is 10.2. The van der Waals surface area contributed by atoms with E-state index in [-0.39, 0.29) is 6.04 Å². The molecule has 0 radical (unpaired) electrons. The molecule has 1 aromatic rings. The van der Waals surface area contributed by atoms with Gasteiger partial charge in [-0.05, 0) is 19.1 Å². The van der Waals surface area contributed by atoms with E-state index in [1.54, 1.807) is 6.07 Å². The molecule has 68 valence electrons. The maximum atomic E-state index is 8.78. The summed E-state index contributed by atoms with van der Waals surface area (Å²) >= 11 is 0. The van der Waals surface area contributed by atoms with E-state index in [2.05, 4.69) is 11.4 Å². The number of nitriles is 1. The molecule has 0 saturated heterocycles. The second kappa shape index (κ2) is 4.48. The summed E-state index contributed by atoms with van der Waals surface area (Å²) < 4.78 is 0. The predicted molar refractivity (Wildman–Crippen MR) is 53.3 cm³/mol. The smallest absolute Gasteiger partial charge is 0.101 e. The predicted octanol–water partition coefficient (Wildman–Crippen LogP) is 1.32. The van der Waals surface area contributed by atoms with Crippen LogP contribution < -0.4 is 11.1 Å². The molecule has 0 heterocycles. The summed E-state index contributed by atoms with van der Waals surface area (Å²) in [7, 11) is 0. The van der Waals surface area contributed by atoms with Crippen molar-refractivity contribution in [1.29, 1.82) is 5.26 Å². The number of para-hydroxylation sites is 1. The van der Waals surface area contributed by atoms with E-state index in [1.165, 1.54) is 0 Å². The Bertz CT molecular complexity index is 314. The third-order valence-corrected chi connectivity index (χ3v) is 1.80. The molecule has 0 aliphatic heterocycles. The van der Waals surface area contributed by atoms with Gasteiger partial charge in [0.05, 0.1) is 11.3 Å². The fourth-order valence-electron chi connectivity index (χ4n) is 1.03. The summed E-state index contributed by atoms with van der Waals surface area (Å²) in [5.41, 5.74) is 6.97. The molecule has 1 rings (SSSR count). The van der Waals surface area contributed by atoms with Gasteiger partial charge in [0.2, 0.25) is 0 Å². The van der Waals surface area contributed by atoms with Crippen molar-refractivity contribution in [2.45, 2.75) is 13.0 Å². The topological polar surface area (TPSA) is 61.8 Å². The average molecular weight is 175 g/mol. The van der Waals surface area contributed by atoms with Crippen molar-refractivity contribution in [2.75, 3.05) is 11.9 Å². The number of hydrogen-bond donors (Lipinski definition) is 2. The van der Waals surface area contributed by atoms with Crippen molar-refractivity contribution in [3.63, 3.8) is 0 Å². The van der Waals surface area contributed by atoms with Crippen molar-refractivity contribution in [2.24, 2.45) is 5.73 Å². The van der Waals surface area contributed by atoms with Crippen LogP contribution in [-0.4, -0.2) is 12.6 Å². The Morgan fingerprint density at radius 3 is 2.85 bits per heavy atom. The first-order valence-corrected chi connectivity index (χ1v) is 4.23. The maximum Gasteiger partial charge on any atom is 0.101 e. The molecule has 1 aromatic carbocycles. The molecule has 1 unspecified atom stereocenters. The molecular weight excluding hydrogens is 162 g/mol. The summed E-state index contributed by atoms with van der Waals surface area (Å²) in [5, 5.41) is 11.9. The minimum atomic E-state index is 0.189. The monoisotopic (exact) mass is 175 g/mol. The first-order valence-electron chi connectivity index (χ1n) is 4.23. The van der Waals surface area contributed by atoms with E-state index in [1.807, 2.05) is 25.1 Å². The molecular formula is C10H13N3. The molecule has 0 aromatic heterocycles. The third kappa shape index (κ3) is 2.46. The van der Waals surface area contributed by atoms with E-state index in [9.17, 15) is 0 Å². The molecule has 0 fully saturated rings. The zero-order valence-corrected chi connectivity index (χ0v) is 7.62. The standard InChI is InChI=1S/C10H13N3/c1-8(6-11)13-10-5-3-2-4-9(10)7-12/h2-5,8,13H,6,11H2,1H3. The number of hydrogen-bond acceptors (Lipinski definition) is 3. The van der Waals surface area contributed by atoms with Gasteiger partial charge in [-0.15, -0.1) is 0 Å². The van der Waals surface area contributed by atoms with Crippen LogP contribution in [0.3, 0.4) is 0 Å². The van der Waals surface area contributed by atoms with Gasteiger partial charge in [-0.1, -0.05) is 12.1 Å². The number of nitrogens with two attached hydrogens (primary N) is 1. The van der Waals surface area contributed by atoms with E-state index in [0.717, 1.165) is 5.69 Å². The van der Waals surface area contributed by atoms with Crippen molar-refractivity contribution >= 4 is 5.69 Å². The molecule has 3 nitrogen and oxygen atoms in total. The van der Waals surface area contributed by atoms with Gasteiger partial charge < -0.3 is 11.1 Å². The quantitative estimate of drug-likeness (QED) is 0.728. The van der Waals surface area contributed by atoms with Crippen LogP contribution >= 0.6 is 0 Å². The fraction of sp³-hybridized carbons (Fsp3) is 0.300. The van der Waals surface area contributed by atoms with Crippen LogP contribution in [0.2, 0.25) is 0 Å². The van der Waals surface area contributed by atoms with Crippen molar-refractivity contribution < 1.29 is 0 Å². The Hall–Kier alpha value is -1.53. The normalized spacial score (nSPS) is 11.8. The fourth-order valence-corrected chi connectivity index (χ4v) is 1.03. The molecule has 0 spiro atoms. The lowest BCUT2D eigenvalue weighted by Crippen LogP contribution is -2.25. The number of anilines is 1. The van der Waals surface area contributed by atoms with Gasteiger partial charge in [0.1, 0.15) is 6.07 Å². The van der Waals surface area contributed by atoms with Crippen molar-refractivity contribution in [3.05, 3.63) is 29.8 Å². The Balaban J connectivity index is 2.82. The van der Waals surface area contributed by atoms with Gasteiger partial charge >= 0.3 is 0 Å². The van der Waals surface area contributed by atoms with Crippen LogP contribution in [0.15, 0.2) is 24.3 Å². The van der Waals surface area contributed by atoms with Crippen molar-refractivity contribution in [1.82, 2.24) is 0 Å². The molecule has 0 aliphatic rings. The van der Waals surface area contributed by atoms with Gasteiger partial charge in [0.15, 0.2) is 0 Å².